The van der Waals surface area contributed by atoms with Gasteiger partial charge in [-0.05, 0) is 43.9 Å². The standard InChI is InChI=1S/C16H19ClN6/c1-5-11-13-14(17)20-16(18)21-15(13)23(22-11)7-12-10(4)9(3)8(2)6-19-12/h6H,5,7H2,1-4H3,(H2,18,20,21). The van der Waals surface area contributed by atoms with Crippen LogP contribution in [0, 0.1) is 20.8 Å². The van der Waals surface area contributed by atoms with Gasteiger partial charge in [-0.1, -0.05) is 18.5 Å². The Hall–Kier alpha value is -2.21. The smallest absolute Gasteiger partial charge is 0.223 e. The van der Waals surface area contributed by atoms with E-state index in [-0.39, 0.29) is 5.95 Å². The SMILES string of the molecule is CCc1nn(Cc2ncc(C)c(C)c2C)c2nc(N)nc(Cl)c12. The maximum atomic E-state index is 6.24. The number of pyridine rings is 1. The summed E-state index contributed by atoms with van der Waals surface area (Å²) in [6.07, 6.45) is 2.64. The molecule has 0 aromatic carbocycles. The molecule has 0 aliphatic rings. The van der Waals surface area contributed by atoms with Gasteiger partial charge in [0.1, 0.15) is 5.15 Å². The third-order valence-electron chi connectivity index (χ3n) is 4.27. The molecule has 0 unspecified atom stereocenters. The van der Waals surface area contributed by atoms with E-state index in [0.29, 0.717) is 17.3 Å². The van der Waals surface area contributed by atoms with Crippen molar-refractivity contribution in [1.29, 1.82) is 0 Å². The summed E-state index contributed by atoms with van der Waals surface area (Å²) in [6.45, 7) is 8.79. The van der Waals surface area contributed by atoms with Gasteiger partial charge in [0, 0.05) is 6.20 Å². The van der Waals surface area contributed by atoms with E-state index in [9.17, 15) is 0 Å². The van der Waals surface area contributed by atoms with E-state index >= 15 is 0 Å². The zero-order chi connectivity index (χ0) is 16.7. The molecule has 3 aromatic rings. The van der Waals surface area contributed by atoms with E-state index in [2.05, 4.69) is 40.8 Å². The molecule has 0 spiro atoms. The van der Waals surface area contributed by atoms with E-state index in [0.717, 1.165) is 23.2 Å². The second-order valence-electron chi connectivity index (χ2n) is 5.67. The van der Waals surface area contributed by atoms with Gasteiger partial charge in [0.25, 0.3) is 0 Å². The number of hydrogen-bond donors (Lipinski definition) is 1. The summed E-state index contributed by atoms with van der Waals surface area (Å²) in [5.41, 5.74) is 11.8. The minimum atomic E-state index is 0.149. The van der Waals surface area contributed by atoms with Crippen LogP contribution in [0.25, 0.3) is 11.0 Å². The monoisotopic (exact) mass is 330 g/mol. The second-order valence-corrected chi connectivity index (χ2v) is 6.03. The lowest BCUT2D eigenvalue weighted by molar-refractivity contribution is 0.671. The zero-order valence-corrected chi connectivity index (χ0v) is 14.4. The number of rotatable bonds is 3. The fraction of sp³-hybridized carbons (Fsp3) is 0.375. The highest BCUT2D eigenvalue weighted by Crippen LogP contribution is 2.26. The summed E-state index contributed by atoms with van der Waals surface area (Å²) in [5, 5.41) is 5.75. The Labute approximate surface area is 139 Å². The first-order chi connectivity index (χ1) is 10.9. The molecule has 0 atom stereocenters. The molecular weight excluding hydrogens is 312 g/mol. The number of nitrogen functional groups attached to an aromatic ring is 1. The lowest BCUT2D eigenvalue weighted by Crippen LogP contribution is -2.09. The van der Waals surface area contributed by atoms with Crippen molar-refractivity contribution in [1.82, 2.24) is 24.7 Å². The molecule has 0 saturated heterocycles. The molecule has 2 N–H and O–H groups in total. The summed E-state index contributed by atoms with van der Waals surface area (Å²) in [4.78, 5) is 12.9. The van der Waals surface area contributed by atoms with E-state index in [1.54, 1.807) is 0 Å². The van der Waals surface area contributed by atoms with E-state index in [1.165, 1.54) is 16.7 Å². The van der Waals surface area contributed by atoms with Gasteiger partial charge < -0.3 is 5.73 Å². The van der Waals surface area contributed by atoms with Gasteiger partial charge in [0.2, 0.25) is 5.95 Å². The topological polar surface area (TPSA) is 82.5 Å². The average Bonchev–Trinajstić information content (AvgIpc) is 2.86. The van der Waals surface area contributed by atoms with Gasteiger partial charge >= 0.3 is 0 Å². The maximum absolute atomic E-state index is 6.24. The van der Waals surface area contributed by atoms with Crippen molar-refractivity contribution in [2.45, 2.75) is 40.7 Å². The van der Waals surface area contributed by atoms with E-state index in [4.69, 9.17) is 17.3 Å². The van der Waals surface area contributed by atoms with Crippen LogP contribution in [0.15, 0.2) is 6.20 Å². The molecule has 3 heterocycles. The second kappa shape index (κ2) is 5.77. The van der Waals surface area contributed by atoms with Gasteiger partial charge in [0.05, 0.1) is 23.3 Å². The highest BCUT2D eigenvalue weighted by molar-refractivity contribution is 6.34. The molecule has 0 aliphatic heterocycles. The zero-order valence-electron chi connectivity index (χ0n) is 13.7. The normalized spacial score (nSPS) is 11.3. The number of nitrogens with two attached hydrogens (primary N) is 1. The van der Waals surface area contributed by atoms with Crippen LogP contribution in [-0.2, 0) is 13.0 Å². The molecule has 0 radical (unpaired) electrons. The molecule has 0 amide bonds. The number of aryl methyl sites for hydroxylation is 2. The third-order valence-corrected chi connectivity index (χ3v) is 4.55. The summed E-state index contributed by atoms with van der Waals surface area (Å²) in [5.74, 6) is 0.149. The number of nitrogens with zero attached hydrogens (tertiary/aromatic N) is 5. The minimum Gasteiger partial charge on any atom is -0.368 e. The molecule has 3 aromatic heterocycles. The average molecular weight is 331 g/mol. The number of halogens is 1. The fourth-order valence-corrected chi connectivity index (χ4v) is 2.94. The first-order valence-electron chi connectivity index (χ1n) is 7.52. The Morgan fingerprint density at radius 3 is 2.57 bits per heavy atom. The first-order valence-corrected chi connectivity index (χ1v) is 7.90. The van der Waals surface area contributed by atoms with Crippen molar-refractivity contribution >= 4 is 28.6 Å². The van der Waals surface area contributed by atoms with Crippen LogP contribution >= 0.6 is 11.6 Å². The Balaban J connectivity index is 2.16. The van der Waals surface area contributed by atoms with Crippen LogP contribution in [0.2, 0.25) is 5.15 Å². The van der Waals surface area contributed by atoms with Crippen molar-refractivity contribution in [3.63, 3.8) is 0 Å². The summed E-state index contributed by atoms with van der Waals surface area (Å²) in [7, 11) is 0. The van der Waals surface area contributed by atoms with Crippen molar-refractivity contribution < 1.29 is 0 Å². The van der Waals surface area contributed by atoms with Crippen LogP contribution in [0.1, 0.15) is 35.0 Å². The van der Waals surface area contributed by atoms with Gasteiger partial charge in [-0.3, -0.25) is 4.98 Å². The Morgan fingerprint density at radius 1 is 1.13 bits per heavy atom. The predicted octanol–water partition coefficient (Wildman–Crippen LogP) is 2.99. The molecule has 0 aliphatic carbocycles. The van der Waals surface area contributed by atoms with Crippen molar-refractivity contribution in [2.24, 2.45) is 0 Å². The van der Waals surface area contributed by atoms with Gasteiger partial charge in [0.15, 0.2) is 5.65 Å². The maximum Gasteiger partial charge on any atom is 0.223 e. The van der Waals surface area contributed by atoms with Crippen molar-refractivity contribution in [3.8, 4) is 0 Å². The molecule has 3 rings (SSSR count). The number of aromatic nitrogens is 5. The Kier molecular flexibility index (Phi) is 3.93. The molecule has 7 heteroatoms. The molecule has 0 saturated carbocycles. The Morgan fingerprint density at radius 2 is 1.87 bits per heavy atom. The molecular formula is C16H19ClN6. The summed E-state index contributed by atoms with van der Waals surface area (Å²) < 4.78 is 1.81. The number of fused-ring (bicyclic) bond motifs is 1. The van der Waals surface area contributed by atoms with Crippen LogP contribution in [-0.4, -0.2) is 24.7 Å². The van der Waals surface area contributed by atoms with Gasteiger partial charge in [-0.25, -0.2) is 9.67 Å². The van der Waals surface area contributed by atoms with Crippen LogP contribution < -0.4 is 5.73 Å². The van der Waals surface area contributed by atoms with E-state index < -0.39 is 0 Å². The minimum absolute atomic E-state index is 0.149. The molecule has 0 bridgehead atoms. The highest BCUT2D eigenvalue weighted by atomic mass is 35.5. The van der Waals surface area contributed by atoms with Crippen LogP contribution in [0.4, 0.5) is 5.95 Å². The molecule has 120 valence electrons. The van der Waals surface area contributed by atoms with Crippen molar-refractivity contribution in [3.05, 3.63) is 39.4 Å². The molecule has 23 heavy (non-hydrogen) atoms. The van der Waals surface area contributed by atoms with Crippen molar-refractivity contribution in [2.75, 3.05) is 5.73 Å². The molecule has 0 fully saturated rings. The number of anilines is 1. The largest absolute Gasteiger partial charge is 0.368 e. The van der Waals surface area contributed by atoms with Crippen LogP contribution in [0.5, 0.6) is 0 Å². The predicted molar refractivity (Wildman–Crippen MR) is 91.7 cm³/mol. The summed E-state index contributed by atoms with van der Waals surface area (Å²) >= 11 is 6.24. The lowest BCUT2D eigenvalue weighted by atomic mass is 10.1. The third kappa shape index (κ3) is 2.63. The molecule has 6 nitrogen and oxygen atoms in total. The van der Waals surface area contributed by atoms with E-state index in [1.807, 2.05) is 17.8 Å². The summed E-state index contributed by atoms with van der Waals surface area (Å²) in [6, 6.07) is 0. The van der Waals surface area contributed by atoms with Crippen LogP contribution in [0.3, 0.4) is 0 Å². The van der Waals surface area contributed by atoms with Gasteiger partial charge in [-0.2, -0.15) is 10.1 Å². The fourth-order valence-electron chi connectivity index (χ4n) is 2.66. The quantitative estimate of drug-likeness (QED) is 0.746. The first kappa shape index (κ1) is 15.7. The lowest BCUT2D eigenvalue weighted by Gasteiger charge is -2.10. The highest BCUT2D eigenvalue weighted by Gasteiger charge is 2.17. The Bertz CT molecular complexity index is 899. The van der Waals surface area contributed by atoms with Gasteiger partial charge in [-0.15, -0.1) is 0 Å². The number of hydrogen-bond acceptors (Lipinski definition) is 5.